The number of thiazole rings is 1. The number of benzene rings is 1. The molecular formula is C17H15N3O3S2. The second kappa shape index (κ2) is 7.54. The van der Waals surface area contributed by atoms with Gasteiger partial charge in [0.05, 0.1) is 28.5 Å². The lowest BCUT2D eigenvalue weighted by atomic mass is 10.1. The number of rotatable bonds is 6. The van der Waals surface area contributed by atoms with Crippen LogP contribution in [0.2, 0.25) is 0 Å². The zero-order valence-electron chi connectivity index (χ0n) is 13.4. The molecule has 6 nitrogen and oxygen atoms in total. The Hall–Kier alpha value is -2.58. The highest BCUT2D eigenvalue weighted by atomic mass is 32.1. The zero-order chi connectivity index (χ0) is 17.8. The van der Waals surface area contributed by atoms with Gasteiger partial charge in [-0.25, -0.2) is 4.98 Å². The minimum atomic E-state index is -0.469. The second-order valence-electron chi connectivity index (χ2n) is 5.34. The van der Waals surface area contributed by atoms with E-state index in [1.807, 2.05) is 24.4 Å². The minimum Gasteiger partial charge on any atom is -0.351 e. The zero-order valence-corrected chi connectivity index (χ0v) is 15.0. The van der Waals surface area contributed by atoms with Gasteiger partial charge in [0, 0.05) is 16.5 Å². The van der Waals surface area contributed by atoms with Gasteiger partial charge in [-0.2, -0.15) is 0 Å². The van der Waals surface area contributed by atoms with Crippen LogP contribution in [-0.4, -0.2) is 15.8 Å². The average molecular weight is 373 g/mol. The molecule has 0 radical (unpaired) electrons. The van der Waals surface area contributed by atoms with Crippen molar-refractivity contribution in [3.8, 4) is 9.88 Å². The number of para-hydroxylation sites is 1. The number of aromatic nitrogens is 1. The van der Waals surface area contributed by atoms with Crippen LogP contribution < -0.4 is 5.32 Å². The number of nitro benzene ring substituents is 1. The summed E-state index contributed by atoms with van der Waals surface area (Å²) in [5.41, 5.74) is 1.26. The van der Waals surface area contributed by atoms with E-state index < -0.39 is 4.92 Å². The molecule has 8 heteroatoms. The molecule has 0 unspecified atom stereocenters. The summed E-state index contributed by atoms with van der Waals surface area (Å²) in [5, 5.41) is 16.8. The molecule has 2 heterocycles. The van der Waals surface area contributed by atoms with E-state index >= 15 is 0 Å². The van der Waals surface area contributed by atoms with Crippen LogP contribution in [0.1, 0.15) is 16.1 Å². The molecule has 1 amide bonds. The molecule has 1 aromatic carbocycles. The number of nitro groups is 1. The van der Waals surface area contributed by atoms with E-state index in [2.05, 4.69) is 10.3 Å². The molecular weight excluding hydrogens is 358 g/mol. The highest BCUT2D eigenvalue weighted by Gasteiger charge is 2.16. The molecule has 2 aromatic heterocycles. The lowest BCUT2D eigenvalue weighted by Crippen LogP contribution is -2.24. The van der Waals surface area contributed by atoms with Gasteiger partial charge in [-0.15, -0.1) is 22.7 Å². The van der Waals surface area contributed by atoms with Crippen molar-refractivity contribution in [2.45, 2.75) is 19.9 Å². The van der Waals surface area contributed by atoms with Gasteiger partial charge in [0.2, 0.25) is 5.91 Å². The van der Waals surface area contributed by atoms with Gasteiger partial charge in [-0.1, -0.05) is 24.3 Å². The van der Waals surface area contributed by atoms with E-state index in [0.29, 0.717) is 12.1 Å². The van der Waals surface area contributed by atoms with Crippen LogP contribution in [0, 0.1) is 17.0 Å². The van der Waals surface area contributed by atoms with Gasteiger partial charge in [-0.05, 0) is 18.4 Å². The molecule has 3 rings (SSSR count). The molecule has 128 valence electrons. The third-order valence-electron chi connectivity index (χ3n) is 3.61. The standard InChI is InChI=1S/C17H15N3O3S2/c1-11-15(25-17(19-11)14-7-4-8-24-14)10-18-16(21)9-12-5-2-3-6-13(12)20(22)23/h2-8H,9-10H2,1H3,(H,18,21). The van der Waals surface area contributed by atoms with Crippen molar-refractivity contribution in [3.05, 3.63) is 68.0 Å². The summed E-state index contributed by atoms with van der Waals surface area (Å²) in [6, 6.07) is 10.3. The van der Waals surface area contributed by atoms with Crippen LogP contribution in [-0.2, 0) is 17.8 Å². The lowest BCUT2D eigenvalue weighted by Gasteiger charge is -2.05. The van der Waals surface area contributed by atoms with Crippen molar-refractivity contribution >= 4 is 34.3 Å². The van der Waals surface area contributed by atoms with E-state index in [-0.39, 0.29) is 18.0 Å². The third-order valence-corrected chi connectivity index (χ3v) is 5.81. The molecule has 0 atom stereocenters. The Morgan fingerprint density at radius 3 is 2.80 bits per heavy atom. The summed E-state index contributed by atoms with van der Waals surface area (Å²) < 4.78 is 0. The first kappa shape index (κ1) is 17.2. The highest BCUT2D eigenvalue weighted by molar-refractivity contribution is 7.21. The second-order valence-corrected chi connectivity index (χ2v) is 7.38. The van der Waals surface area contributed by atoms with E-state index in [1.165, 1.54) is 6.07 Å². The van der Waals surface area contributed by atoms with Crippen molar-refractivity contribution in [2.24, 2.45) is 0 Å². The number of nitrogens with zero attached hydrogens (tertiary/aromatic N) is 2. The molecule has 3 aromatic rings. The lowest BCUT2D eigenvalue weighted by molar-refractivity contribution is -0.385. The SMILES string of the molecule is Cc1nc(-c2cccs2)sc1CNC(=O)Cc1ccccc1[N+](=O)[O-]. The van der Waals surface area contributed by atoms with Crippen molar-refractivity contribution in [1.29, 1.82) is 0 Å². The summed E-state index contributed by atoms with van der Waals surface area (Å²) in [6.45, 7) is 2.28. The molecule has 0 aliphatic rings. The number of hydrogen-bond acceptors (Lipinski definition) is 6. The molecule has 0 aliphatic heterocycles. The number of amides is 1. The number of nitrogens with one attached hydrogen (secondary N) is 1. The highest BCUT2D eigenvalue weighted by Crippen LogP contribution is 2.31. The molecule has 0 aliphatic carbocycles. The van der Waals surface area contributed by atoms with Crippen LogP contribution in [0.25, 0.3) is 9.88 Å². The maximum Gasteiger partial charge on any atom is 0.273 e. The third kappa shape index (κ3) is 4.09. The Morgan fingerprint density at radius 1 is 1.28 bits per heavy atom. The Labute approximate surface area is 152 Å². The van der Waals surface area contributed by atoms with Crippen LogP contribution in [0.5, 0.6) is 0 Å². The normalized spacial score (nSPS) is 10.6. The van der Waals surface area contributed by atoms with Gasteiger partial charge in [0.1, 0.15) is 5.01 Å². The van der Waals surface area contributed by atoms with E-state index in [1.54, 1.807) is 40.9 Å². The first-order valence-electron chi connectivity index (χ1n) is 7.54. The van der Waals surface area contributed by atoms with Crippen LogP contribution >= 0.6 is 22.7 Å². The summed E-state index contributed by atoms with van der Waals surface area (Å²) in [6.07, 6.45) is -0.0210. The quantitative estimate of drug-likeness (QED) is 0.524. The minimum absolute atomic E-state index is 0.0210. The monoisotopic (exact) mass is 373 g/mol. The largest absolute Gasteiger partial charge is 0.351 e. The fourth-order valence-electron chi connectivity index (χ4n) is 2.35. The molecule has 0 saturated carbocycles. The number of thiophene rings is 1. The summed E-state index contributed by atoms with van der Waals surface area (Å²) in [5.74, 6) is -0.250. The number of carbonyl (C=O) groups excluding carboxylic acids is 1. The Kier molecular flexibility index (Phi) is 5.20. The van der Waals surface area contributed by atoms with E-state index in [9.17, 15) is 14.9 Å². The smallest absolute Gasteiger partial charge is 0.273 e. The summed E-state index contributed by atoms with van der Waals surface area (Å²) in [4.78, 5) is 29.3. The van der Waals surface area contributed by atoms with Crippen molar-refractivity contribution in [3.63, 3.8) is 0 Å². The number of hydrogen-bond donors (Lipinski definition) is 1. The predicted molar refractivity (Wildman–Crippen MR) is 98.8 cm³/mol. The fourth-order valence-corrected chi connectivity index (χ4v) is 4.15. The van der Waals surface area contributed by atoms with E-state index in [0.717, 1.165) is 20.5 Å². The van der Waals surface area contributed by atoms with Crippen molar-refractivity contribution in [1.82, 2.24) is 10.3 Å². The molecule has 0 bridgehead atoms. The predicted octanol–water partition coefficient (Wildman–Crippen LogP) is 3.95. The maximum atomic E-state index is 12.2. The summed E-state index contributed by atoms with van der Waals surface area (Å²) in [7, 11) is 0. The van der Waals surface area contributed by atoms with E-state index in [4.69, 9.17) is 0 Å². The van der Waals surface area contributed by atoms with Gasteiger partial charge >= 0.3 is 0 Å². The first-order valence-corrected chi connectivity index (χ1v) is 9.23. The number of aryl methyl sites for hydroxylation is 1. The van der Waals surface area contributed by atoms with Gasteiger partial charge < -0.3 is 5.32 Å². The Bertz CT molecular complexity index is 904. The Balaban J connectivity index is 1.64. The van der Waals surface area contributed by atoms with Crippen LogP contribution in [0.15, 0.2) is 41.8 Å². The molecule has 0 saturated heterocycles. The number of carbonyl (C=O) groups is 1. The average Bonchev–Trinajstić information content (AvgIpc) is 3.23. The van der Waals surface area contributed by atoms with Crippen LogP contribution in [0.3, 0.4) is 0 Å². The fraction of sp³-hybridized carbons (Fsp3) is 0.176. The van der Waals surface area contributed by atoms with Crippen LogP contribution in [0.4, 0.5) is 5.69 Å². The van der Waals surface area contributed by atoms with Gasteiger partial charge in [-0.3, -0.25) is 14.9 Å². The maximum absolute atomic E-state index is 12.2. The molecule has 0 spiro atoms. The molecule has 1 N–H and O–H groups in total. The van der Waals surface area contributed by atoms with Gasteiger partial charge in [0.25, 0.3) is 5.69 Å². The Morgan fingerprint density at radius 2 is 2.08 bits per heavy atom. The van der Waals surface area contributed by atoms with Crippen molar-refractivity contribution < 1.29 is 9.72 Å². The van der Waals surface area contributed by atoms with Gasteiger partial charge in [0.15, 0.2) is 0 Å². The molecule has 0 fully saturated rings. The summed E-state index contributed by atoms with van der Waals surface area (Å²) >= 11 is 3.18. The molecule has 25 heavy (non-hydrogen) atoms. The first-order chi connectivity index (χ1) is 12.0. The van der Waals surface area contributed by atoms with Crippen molar-refractivity contribution in [2.75, 3.05) is 0 Å². The topological polar surface area (TPSA) is 85.1 Å².